The number of rotatable bonds is 8. The minimum absolute atomic E-state index is 0.380. The standard InChI is InChI=1S/C23H21N5O2/c1-2-29-18-14-12-17(13-15-18)25-23-27-22(16-24-28-23)26-20-10-6-7-11-21(20)30-19-8-4-3-5-9-19/h3-16H,2H2,1H3,(H2,25,26,27,28). The molecule has 30 heavy (non-hydrogen) atoms. The van der Waals surface area contributed by atoms with Crippen molar-refractivity contribution in [3.05, 3.63) is 85.1 Å². The summed E-state index contributed by atoms with van der Waals surface area (Å²) >= 11 is 0. The number of nitrogens with one attached hydrogen (secondary N) is 2. The topological polar surface area (TPSA) is 81.2 Å². The second kappa shape index (κ2) is 9.38. The Bertz CT molecular complexity index is 1090. The van der Waals surface area contributed by atoms with Crippen LogP contribution in [0.15, 0.2) is 85.1 Å². The zero-order chi connectivity index (χ0) is 20.6. The summed E-state index contributed by atoms with van der Waals surface area (Å²) in [5.74, 6) is 3.18. The molecule has 0 aliphatic heterocycles. The molecule has 0 unspecified atom stereocenters. The van der Waals surface area contributed by atoms with Crippen LogP contribution in [0.3, 0.4) is 0 Å². The molecule has 2 N–H and O–H groups in total. The van der Waals surface area contributed by atoms with Gasteiger partial charge in [0.25, 0.3) is 0 Å². The van der Waals surface area contributed by atoms with Gasteiger partial charge in [-0.2, -0.15) is 10.1 Å². The average molecular weight is 399 g/mol. The first-order valence-electron chi connectivity index (χ1n) is 9.59. The summed E-state index contributed by atoms with van der Waals surface area (Å²) in [5.41, 5.74) is 1.61. The third-order valence-corrected chi connectivity index (χ3v) is 4.10. The monoisotopic (exact) mass is 399 g/mol. The normalized spacial score (nSPS) is 10.3. The van der Waals surface area contributed by atoms with Crippen LogP contribution >= 0.6 is 0 Å². The number of aromatic nitrogens is 3. The number of hydrogen-bond acceptors (Lipinski definition) is 7. The Morgan fingerprint density at radius 3 is 2.37 bits per heavy atom. The molecule has 0 bridgehead atoms. The highest BCUT2D eigenvalue weighted by molar-refractivity contribution is 5.65. The molecule has 0 amide bonds. The smallest absolute Gasteiger partial charge is 0.249 e. The van der Waals surface area contributed by atoms with Crippen molar-refractivity contribution < 1.29 is 9.47 Å². The molecule has 4 aromatic rings. The Balaban J connectivity index is 1.48. The fourth-order valence-corrected chi connectivity index (χ4v) is 2.76. The number of benzene rings is 3. The van der Waals surface area contributed by atoms with Crippen LogP contribution in [0.25, 0.3) is 0 Å². The van der Waals surface area contributed by atoms with Crippen molar-refractivity contribution >= 4 is 23.1 Å². The molecule has 1 aromatic heterocycles. The summed E-state index contributed by atoms with van der Waals surface area (Å²) in [7, 11) is 0. The fourth-order valence-electron chi connectivity index (χ4n) is 2.76. The summed E-state index contributed by atoms with van der Waals surface area (Å²) in [5, 5.41) is 14.5. The maximum absolute atomic E-state index is 5.98. The zero-order valence-corrected chi connectivity index (χ0v) is 16.4. The van der Waals surface area contributed by atoms with Gasteiger partial charge in [0.05, 0.1) is 18.5 Å². The summed E-state index contributed by atoms with van der Waals surface area (Å²) in [6, 6.07) is 24.8. The van der Waals surface area contributed by atoms with Gasteiger partial charge in [-0.15, -0.1) is 5.10 Å². The van der Waals surface area contributed by atoms with E-state index in [9.17, 15) is 0 Å². The molecule has 1 heterocycles. The van der Waals surface area contributed by atoms with Gasteiger partial charge in [0.1, 0.15) is 11.5 Å². The van der Waals surface area contributed by atoms with Crippen molar-refractivity contribution in [2.45, 2.75) is 6.92 Å². The minimum atomic E-state index is 0.380. The van der Waals surface area contributed by atoms with E-state index in [1.54, 1.807) is 6.20 Å². The van der Waals surface area contributed by atoms with Crippen molar-refractivity contribution in [2.24, 2.45) is 0 Å². The van der Waals surface area contributed by atoms with Gasteiger partial charge in [-0.3, -0.25) is 0 Å². The highest BCUT2D eigenvalue weighted by Gasteiger charge is 2.07. The maximum Gasteiger partial charge on any atom is 0.249 e. The van der Waals surface area contributed by atoms with E-state index in [2.05, 4.69) is 25.8 Å². The Hall–Kier alpha value is -4.13. The van der Waals surface area contributed by atoms with Crippen molar-refractivity contribution in [1.82, 2.24) is 15.2 Å². The van der Waals surface area contributed by atoms with Gasteiger partial charge < -0.3 is 20.1 Å². The largest absolute Gasteiger partial charge is 0.494 e. The van der Waals surface area contributed by atoms with Gasteiger partial charge in [0.15, 0.2) is 11.6 Å². The number of para-hydroxylation sites is 3. The lowest BCUT2D eigenvalue weighted by Gasteiger charge is -2.13. The quantitative estimate of drug-likeness (QED) is 0.402. The second-order valence-corrected chi connectivity index (χ2v) is 6.28. The van der Waals surface area contributed by atoms with Crippen LogP contribution in [0.1, 0.15) is 6.92 Å². The van der Waals surface area contributed by atoms with Gasteiger partial charge in [0, 0.05) is 5.69 Å². The lowest BCUT2D eigenvalue weighted by molar-refractivity contribution is 0.340. The molecule has 0 aliphatic carbocycles. The number of nitrogens with zero attached hydrogens (tertiary/aromatic N) is 3. The predicted molar refractivity (Wildman–Crippen MR) is 117 cm³/mol. The SMILES string of the molecule is CCOc1ccc(Nc2nncc(Nc3ccccc3Oc3ccccc3)n2)cc1. The van der Waals surface area contributed by atoms with E-state index >= 15 is 0 Å². The Morgan fingerprint density at radius 1 is 0.800 bits per heavy atom. The van der Waals surface area contributed by atoms with Gasteiger partial charge in [0.2, 0.25) is 5.95 Å². The zero-order valence-electron chi connectivity index (χ0n) is 16.4. The summed E-state index contributed by atoms with van der Waals surface area (Å²) < 4.78 is 11.4. The Morgan fingerprint density at radius 2 is 1.57 bits per heavy atom. The van der Waals surface area contributed by atoms with Crippen molar-refractivity contribution in [3.63, 3.8) is 0 Å². The third kappa shape index (κ3) is 5.02. The lowest BCUT2D eigenvalue weighted by atomic mass is 10.3. The molecule has 0 saturated heterocycles. The fraction of sp³-hybridized carbons (Fsp3) is 0.0870. The van der Waals surface area contributed by atoms with Gasteiger partial charge in [-0.1, -0.05) is 30.3 Å². The molecule has 7 nitrogen and oxygen atoms in total. The minimum Gasteiger partial charge on any atom is -0.494 e. The van der Waals surface area contributed by atoms with E-state index in [1.807, 2.05) is 85.8 Å². The molecule has 7 heteroatoms. The van der Waals surface area contributed by atoms with Crippen molar-refractivity contribution in [3.8, 4) is 17.2 Å². The highest BCUT2D eigenvalue weighted by atomic mass is 16.5. The maximum atomic E-state index is 5.98. The molecule has 0 saturated carbocycles. The summed E-state index contributed by atoms with van der Waals surface area (Å²) in [4.78, 5) is 4.49. The molecule has 0 fully saturated rings. The van der Waals surface area contributed by atoms with Gasteiger partial charge in [-0.05, 0) is 55.5 Å². The first-order chi connectivity index (χ1) is 14.8. The van der Waals surface area contributed by atoms with Crippen LogP contribution in [-0.2, 0) is 0 Å². The first-order valence-corrected chi connectivity index (χ1v) is 9.59. The van der Waals surface area contributed by atoms with E-state index in [0.29, 0.717) is 24.1 Å². The van der Waals surface area contributed by atoms with Gasteiger partial charge >= 0.3 is 0 Å². The van der Waals surface area contributed by atoms with Crippen LogP contribution in [0.4, 0.5) is 23.1 Å². The number of hydrogen-bond donors (Lipinski definition) is 2. The average Bonchev–Trinajstić information content (AvgIpc) is 2.78. The first kappa shape index (κ1) is 19.2. The van der Waals surface area contributed by atoms with Crippen molar-refractivity contribution in [2.75, 3.05) is 17.2 Å². The molecule has 0 spiro atoms. The number of ether oxygens (including phenoxy) is 2. The van der Waals surface area contributed by atoms with Gasteiger partial charge in [-0.25, -0.2) is 0 Å². The third-order valence-electron chi connectivity index (χ3n) is 4.10. The summed E-state index contributed by atoms with van der Waals surface area (Å²) in [6.07, 6.45) is 1.56. The van der Waals surface area contributed by atoms with Crippen LogP contribution in [0.2, 0.25) is 0 Å². The molecular formula is C23H21N5O2. The van der Waals surface area contributed by atoms with E-state index in [4.69, 9.17) is 9.47 Å². The van der Waals surface area contributed by atoms with Crippen LogP contribution in [-0.4, -0.2) is 21.8 Å². The lowest BCUT2D eigenvalue weighted by Crippen LogP contribution is -2.03. The molecule has 0 atom stereocenters. The molecule has 3 aromatic carbocycles. The Labute approximate surface area is 174 Å². The van der Waals surface area contributed by atoms with E-state index in [1.165, 1.54) is 0 Å². The molecular weight excluding hydrogens is 378 g/mol. The molecule has 0 aliphatic rings. The van der Waals surface area contributed by atoms with Crippen LogP contribution in [0.5, 0.6) is 17.2 Å². The molecule has 0 radical (unpaired) electrons. The molecule has 150 valence electrons. The van der Waals surface area contributed by atoms with Crippen molar-refractivity contribution in [1.29, 1.82) is 0 Å². The Kier molecular flexibility index (Phi) is 6.00. The van der Waals surface area contributed by atoms with E-state index in [-0.39, 0.29) is 0 Å². The van der Waals surface area contributed by atoms with E-state index < -0.39 is 0 Å². The van der Waals surface area contributed by atoms with Crippen LogP contribution < -0.4 is 20.1 Å². The molecule has 4 rings (SSSR count). The van der Waals surface area contributed by atoms with Crippen LogP contribution in [0, 0.1) is 0 Å². The second-order valence-electron chi connectivity index (χ2n) is 6.28. The predicted octanol–water partition coefficient (Wildman–Crippen LogP) is 5.55. The highest BCUT2D eigenvalue weighted by Crippen LogP contribution is 2.31. The summed E-state index contributed by atoms with van der Waals surface area (Å²) in [6.45, 7) is 2.58. The van der Waals surface area contributed by atoms with E-state index in [0.717, 1.165) is 22.9 Å². The number of anilines is 4.